The summed E-state index contributed by atoms with van der Waals surface area (Å²) in [5.74, 6) is -0.152. The minimum Gasteiger partial charge on any atom is -0.464 e. The number of carbonyl (C=O) groups is 2. The van der Waals surface area contributed by atoms with E-state index in [1.807, 2.05) is 13.8 Å². The summed E-state index contributed by atoms with van der Waals surface area (Å²) in [5.41, 5.74) is 0.130. The van der Waals surface area contributed by atoms with E-state index < -0.39 is 5.97 Å². The Hall–Kier alpha value is -1.85. The summed E-state index contributed by atoms with van der Waals surface area (Å²) < 4.78 is 9.78. The average molecular weight is 266 g/mol. The molecule has 0 spiro atoms. The van der Waals surface area contributed by atoms with Gasteiger partial charge in [-0.3, -0.25) is 4.79 Å². The predicted molar refractivity (Wildman–Crippen MR) is 66.3 cm³/mol. The molecule has 1 aromatic heterocycles. The molecular weight excluding hydrogens is 248 g/mol. The van der Waals surface area contributed by atoms with Crippen molar-refractivity contribution in [3.8, 4) is 0 Å². The average Bonchev–Trinajstić information content (AvgIpc) is 3.13. The minimum absolute atomic E-state index is 0.0596. The lowest BCUT2D eigenvalue weighted by molar-refractivity contribution is -0.136. The Bertz CT molecular complexity index is 477. The highest BCUT2D eigenvalue weighted by Gasteiger charge is 2.34. The zero-order valence-corrected chi connectivity index (χ0v) is 11.4. The number of ether oxygens (including phenoxy) is 1. The molecular formula is C13H18N2O4. The zero-order chi connectivity index (χ0) is 14.0. The summed E-state index contributed by atoms with van der Waals surface area (Å²) in [6.45, 7) is 4.04. The highest BCUT2D eigenvalue weighted by Crippen LogP contribution is 2.29. The van der Waals surface area contributed by atoms with Crippen molar-refractivity contribution < 1.29 is 18.7 Å². The normalized spacial score (nSPS) is 14.5. The van der Waals surface area contributed by atoms with E-state index in [1.165, 1.54) is 13.4 Å². The third-order valence-electron chi connectivity index (χ3n) is 3.02. The fraction of sp³-hybridized carbons (Fsp3) is 0.615. The molecule has 0 bridgehead atoms. The van der Waals surface area contributed by atoms with Crippen molar-refractivity contribution in [3.05, 3.63) is 17.8 Å². The third kappa shape index (κ3) is 3.13. The molecule has 0 radical (unpaired) electrons. The summed E-state index contributed by atoms with van der Waals surface area (Å²) in [6, 6.07) is 0.281. The van der Waals surface area contributed by atoms with Crippen molar-refractivity contribution in [2.24, 2.45) is 5.92 Å². The number of nitrogens with zero attached hydrogens (tertiary/aromatic N) is 2. The van der Waals surface area contributed by atoms with E-state index in [-0.39, 0.29) is 23.6 Å². The van der Waals surface area contributed by atoms with Crippen molar-refractivity contribution in [2.45, 2.75) is 39.3 Å². The molecule has 2 rings (SSSR count). The molecule has 0 unspecified atom stereocenters. The van der Waals surface area contributed by atoms with Gasteiger partial charge in [0, 0.05) is 12.0 Å². The van der Waals surface area contributed by atoms with E-state index in [9.17, 15) is 9.59 Å². The molecule has 1 fully saturated rings. The number of hydrogen-bond donors (Lipinski definition) is 0. The highest BCUT2D eigenvalue weighted by molar-refractivity contribution is 5.86. The standard InChI is InChI=1S/C13H18N2O4/c1-8(2)12(16)15(9-4-5-9)6-11-14-10(7-19-11)13(17)18-3/h7-9H,4-6H2,1-3H3. The number of aromatic nitrogens is 1. The minimum atomic E-state index is -0.539. The van der Waals surface area contributed by atoms with Gasteiger partial charge in [-0.1, -0.05) is 13.8 Å². The first-order valence-corrected chi connectivity index (χ1v) is 6.36. The quantitative estimate of drug-likeness (QED) is 0.757. The number of methoxy groups -OCH3 is 1. The van der Waals surface area contributed by atoms with Crippen molar-refractivity contribution in [1.29, 1.82) is 0 Å². The van der Waals surface area contributed by atoms with Crippen LogP contribution in [0, 0.1) is 5.92 Å². The van der Waals surface area contributed by atoms with Gasteiger partial charge in [-0.05, 0) is 12.8 Å². The third-order valence-corrected chi connectivity index (χ3v) is 3.02. The van der Waals surface area contributed by atoms with Gasteiger partial charge in [0.25, 0.3) is 0 Å². The molecule has 104 valence electrons. The van der Waals surface area contributed by atoms with Gasteiger partial charge in [0.2, 0.25) is 11.8 Å². The molecule has 1 amide bonds. The fourth-order valence-electron chi connectivity index (χ4n) is 1.83. The molecule has 1 aliphatic carbocycles. The molecule has 6 nitrogen and oxygen atoms in total. The largest absolute Gasteiger partial charge is 0.464 e. The SMILES string of the molecule is COC(=O)c1coc(CN(C(=O)C(C)C)C2CC2)n1. The van der Waals surface area contributed by atoms with E-state index in [0.29, 0.717) is 12.4 Å². The lowest BCUT2D eigenvalue weighted by Crippen LogP contribution is -2.35. The van der Waals surface area contributed by atoms with Gasteiger partial charge in [0.15, 0.2) is 5.69 Å². The molecule has 1 heterocycles. The van der Waals surface area contributed by atoms with Crippen LogP contribution in [0.1, 0.15) is 43.1 Å². The molecule has 1 aliphatic rings. The van der Waals surface area contributed by atoms with Crippen LogP contribution >= 0.6 is 0 Å². The number of carbonyl (C=O) groups excluding carboxylic acids is 2. The van der Waals surface area contributed by atoms with E-state index in [0.717, 1.165) is 12.8 Å². The van der Waals surface area contributed by atoms with Crippen LogP contribution in [0.5, 0.6) is 0 Å². The number of amides is 1. The Morgan fingerprint density at radius 2 is 2.21 bits per heavy atom. The summed E-state index contributed by atoms with van der Waals surface area (Å²) in [7, 11) is 1.29. The molecule has 0 aromatic carbocycles. The molecule has 0 aliphatic heterocycles. The van der Waals surface area contributed by atoms with E-state index in [4.69, 9.17) is 4.42 Å². The maximum Gasteiger partial charge on any atom is 0.360 e. The lowest BCUT2D eigenvalue weighted by atomic mass is 10.2. The van der Waals surface area contributed by atoms with Crippen molar-refractivity contribution >= 4 is 11.9 Å². The molecule has 6 heteroatoms. The molecule has 1 aromatic rings. The Morgan fingerprint density at radius 3 is 2.74 bits per heavy atom. The Morgan fingerprint density at radius 1 is 1.53 bits per heavy atom. The van der Waals surface area contributed by atoms with Gasteiger partial charge in [-0.2, -0.15) is 0 Å². The van der Waals surface area contributed by atoms with Gasteiger partial charge >= 0.3 is 5.97 Å². The van der Waals surface area contributed by atoms with Crippen LogP contribution in [-0.2, 0) is 16.1 Å². The lowest BCUT2D eigenvalue weighted by Gasteiger charge is -2.22. The van der Waals surface area contributed by atoms with Crippen molar-refractivity contribution in [2.75, 3.05) is 7.11 Å². The monoisotopic (exact) mass is 266 g/mol. The number of rotatable bonds is 5. The van der Waals surface area contributed by atoms with Gasteiger partial charge in [-0.15, -0.1) is 0 Å². The number of oxazole rings is 1. The second-order valence-corrected chi connectivity index (χ2v) is 4.97. The summed E-state index contributed by atoms with van der Waals surface area (Å²) in [5, 5.41) is 0. The maximum absolute atomic E-state index is 12.1. The van der Waals surface area contributed by atoms with Crippen LogP contribution in [-0.4, -0.2) is 34.9 Å². The molecule has 0 atom stereocenters. The second-order valence-electron chi connectivity index (χ2n) is 4.97. The summed E-state index contributed by atoms with van der Waals surface area (Å²) >= 11 is 0. The molecule has 19 heavy (non-hydrogen) atoms. The van der Waals surface area contributed by atoms with E-state index >= 15 is 0 Å². The van der Waals surface area contributed by atoms with Crippen molar-refractivity contribution in [1.82, 2.24) is 9.88 Å². The summed E-state index contributed by atoms with van der Waals surface area (Å²) in [6.07, 6.45) is 3.29. The van der Waals surface area contributed by atoms with Crippen LogP contribution in [0.15, 0.2) is 10.7 Å². The van der Waals surface area contributed by atoms with Crippen LogP contribution < -0.4 is 0 Å². The second kappa shape index (κ2) is 5.42. The zero-order valence-electron chi connectivity index (χ0n) is 11.4. The number of esters is 1. The van der Waals surface area contributed by atoms with Gasteiger partial charge in [0.05, 0.1) is 13.7 Å². The van der Waals surface area contributed by atoms with Crippen LogP contribution in [0.4, 0.5) is 0 Å². The smallest absolute Gasteiger partial charge is 0.360 e. The fourth-order valence-corrected chi connectivity index (χ4v) is 1.83. The van der Waals surface area contributed by atoms with Gasteiger partial charge in [-0.25, -0.2) is 9.78 Å². The van der Waals surface area contributed by atoms with E-state index in [1.54, 1.807) is 4.90 Å². The van der Waals surface area contributed by atoms with Gasteiger partial charge < -0.3 is 14.1 Å². The van der Waals surface area contributed by atoms with Gasteiger partial charge in [0.1, 0.15) is 6.26 Å². The van der Waals surface area contributed by atoms with Crippen LogP contribution in [0.3, 0.4) is 0 Å². The van der Waals surface area contributed by atoms with Crippen LogP contribution in [0.25, 0.3) is 0 Å². The Labute approximate surface area is 111 Å². The molecule has 0 saturated heterocycles. The molecule has 1 saturated carbocycles. The first kappa shape index (κ1) is 13.6. The topological polar surface area (TPSA) is 72.6 Å². The summed E-state index contributed by atoms with van der Waals surface area (Å²) in [4.78, 5) is 29.2. The molecule has 0 N–H and O–H groups in total. The Balaban J connectivity index is 2.07. The van der Waals surface area contributed by atoms with E-state index in [2.05, 4.69) is 9.72 Å². The van der Waals surface area contributed by atoms with Crippen molar-refractivity contribution in [3.63, 3.8) is 0 Å². The predicted octanol–water partition coefficient (Wildman–Crippen LogP) is 1.61. The maximum atomic E-state index is 12.1. The first-order chi connectivity index (χ1) is 9.02. The Kier molecular flexibility index (Phi) is 3.87. The highest BCUT2D eigenvalue weighted by atomic mass is 16.5. The first-order valence-electron chi connectivity index (χ1n) is 6.36. The van der Waals surface area contributed by atoms with Crippen LogP contribution in [0.2, 0.25) is 0 Å². The number of hydrogen-bond acceptors (Lipinski definition) is 5.